The van der Waals surface area contributed by atoms with Gasteiger partial charge in [0.2, 0.25) is 11.4 Å². The molecule has 0 aliphatic carbocycles. The first kappa shape index (κ1) is 51.9. The van der Waals surface area contributed by atoms with Crippen LogP contribution >= 0.6 is 0 Å². The van der Waals surface area contributed by atoms with E-state index in [9.17, 15) is 5.53 Å². The average molecular weight is 821 g/mol. The molecule has 0 saturated carbocycles. The van der Waals surface area contributed by atoms with Gasteiger partial charge in [-0.2, -0.15) is 0 Å². The molecular weight excluding hydrogens is 725 g/mol. The smallest absolute Gasteiger partial charge is 0.211 e. The lowest BCUT2D eigenvalue weighted by molar-refractivity contribution is -0.345. The molecule has 1 heterocycles. The summed E-state index contributed by atoms with van der Waals surface area (Å²) in [5.74, 6) is 0. The molecule has 0 atom stereocenters. The van der Waals surface area contributed by atoms with Crippen molar-refractivity contribution in [3.05, 3.63) is 85.5 Å². The number of allylic oxidation sites excluding steroid dienone is 2. The lowest BCUT2D eigenvalue weighted by atomic mass is 9.86. The number of benzene rings is 2. The zero-order valence-electron chi connectivity index (χ0n) is 41.2. The summed E-state index contributed by atoms with van der Waals surface area (Å²) in [7, 11) is 0. The number of unbranched alkanes of at least 4 members (excludes halogenated alkanes) is 18. The van der Waals surface area contributed by atoms with E-state index >= 15 is 0 Å². The minimum atomic E-state index is 1.03. The van der Waals surface area contributed by atoms with Gasteiger partial charge in [-0.1, -0.05) is 171 Å². The molecule has 0 aromatic heterocycles. The third-order valence-electron chi connectivity index (χ3n) is 13.6. The molecule has 3 rings (SSSR count). The van der Waals surface area contributed by atoms with Crippen molar-refractivity contribution in [1.82, 2.24) is 0 Å². The van der Waals surface area contributed by atoms with Gasteiger partial charge in [0.25, 0.3) is 0 Å². The normalized spacial score (nSPS) is 13.2. The van der Waals surface area contributed by atoms with Crippen LogP contribution < -0.4 is 0 Å². The molecule has 2 heteroatoms. The van der Waals surface area contributed by atoms with Gasteiger partial charge in [0.1, 0.15) is 0 Å². The quantitative estimate of drug-likeness (QED) is 0.0483. The van der Waals surface area contributed by atoms with Crippen LogP contribution in [-0.4, -0.2) is 4.70 Å². The van der Waals surface area contributed by atoms with Crippen molar-refractivity contribution < 1.29 is 4.70 Å². The Bertz CT molecular complexity index is 1500. The number of rotatable bonds is 36. The van der Waals surface area contributed by atoms with Gasteiger partial charge < -0.3 is 5.53 Å². The maximum Gasteiger partial charge on any atom is 0.211 e. The predicted octanol–water partition coefficient (Wildman–Crippen LogP) is 19.2. The molecule has 0 bridgehead atoms. The van der Waals surface area contributed by atoms with Gasteiger partial charge in [-0.25, -0.2) is 4.70 Å². The minimum Gasteiger partial charge on any atom is -0.493 e. The van der Waals surface area contributed by atoms with Crippen LogP contribution in [0.3, 0.4) is 0 Å². The second kappa shape index (κ2) is 31.4. The van der Waals surface area contributed by atoms with Crippen LogP contribution in [0.1, 0.15) is 280 Å². The Morgan fingerprint density at radius 3 is 0.833 bits per heavy atom. The van der Waals surface area contributed by atoms with E-state index in [2.05, 4.69) is 79.7 Å². The molecule has 2 aromatic carbocycles. The molecular formula is C58H96N2. The molecule has 0 spiro atoms. The van der Waals surface area contributed by atoms with E-state index in [1.165, 1.54) is 189 Å². The van der Waals surface area contributed by atoms with Crippen LogP contribution in [0.5, 0.6) is 0 Å². The van der Waals surface area contributed by atoms with Crippen LogP contribution in [0.2, 0.25) is 0 Å². The summed E-state index contributed by atoms with van der Waals surface area (Å²) < 4.78 is 1.76. The average Bonchev–Trinajstić information content (AvgIpc) is 3.53. The zero-order valence-corrected chi connectivity index (χ0v) is 41.2. The summed E-state index contributed by atoms with van der Waals surface area (Å²) >= 11 is 0. The van der Waals surface area contributed by atoms with Crippen molar-refractivity contribution in [3.63, 3.8) is 0 Å². The van der Waals surface area contributed by atoms with Crippen LogP contribution in [0.4, 0.5) is 0 Å². The van der Waals surface area contributed by atoms with Gasteiger partial charge in [0.15, 0.2) is 0 Å². The molecule has 0 fully saturated rings. The fraction of sp³-hybridized carbons (Fsp3) is 0.724. The molecule has 0 radical (unpaired) electrons. The molecule has 0 amide bonds. The first-order valence-corrected chi connectivity index (χ1v) is 26.7. The zero-order chi connectivity index (χ0) is 43.4. The van der Waals surface area contributed by atoms with Crippen molar-refractivity contribution in [2.75, 3.05) is 0 Å². The molecule has 60 heavy (non-hydrogen) atoms. The second-order valence-electron chi connectivity index (χ2n) is 18.9. The van der Waals surface area contributed by atoms with E-state index < -0.39 is 0 Å². The van der Waals surface area contributed by atoms with E-state index in [1.807, 2.05) is 0 Å². The van der Waals surface area contributed by atoms with Crippen LogP contribution in [-0.2, 0) is 38.5 Å². The predicted molar refractivity (Wildman–Crippen MR) is 267 cm³/mol. The summed E-state index contributed by atoms with van der Waals surface area (Å²) in [6, 6.07) is 10.3. The van der Waals surface area contributed by atoms with E-state index in [0.717, 1.165) is 62.8 Å². The Kier molecular flexibility index (Phi) is 27.1. The molecule has 0 saturated heterocycles. The summed E-state index contributed by atoms with van der Waals surface area (Å²) in [6.07, 6.45) is 42.0. The van der Waals surface area contributed by atoms with Crippen molar-refractivity contribution in [2.45, 2.75) is 274 Å². The molecule has 2 aromatic rings. The molecule has 1 aliphatic rings. The summed E-state index contributed by atoms with van der Waals surface area (Å²) in [4.78, 5) is 0. The summed E-state index contributed by atoms with van der Waals surface area (Å²) in [6.45, 7) is 18.7. The molecule has 0 N–H and O–H groups in total. The van der Waals surface area contributed by atoms with Crippen molar-refractivity contribution in [2.24, 2.45) is 0 Å². The highest BCUT2D eigenvalue weighted by Gasteiger charge is 2.36. The maximum absolute atomic E-state index is 13.1. The van der Waals surface area contributed by atoms with Crippen molar-refractivity contribution in [3.8, 4) is 0 Å². The Morgan fingerprint density at radius 2 is 0.550 bits per heavy atom. The number of aryl methyl sites for hydroxylation is 4. The fourth-order valence-electron chi connectivity index (χ4n) is 9.95. The third kappa shape index (κ3) is 16.7. The largest absolute Gasteiger partial charge is 0.493 e. The van der Waals surface area contributed by atoms with Crippen molar-refractivity contribution >= 4 is 11.4 Å². The Morgan fingerprint density at radius 1 is 0.300 bits per heavy atom. The monoisotopic (exact) mass is 821 g/mol. The van der Waals surface area contributed by atoms with Crippen LogP contribution in [0, 0.1) is 0 Å². The van der Waals surface area contributed by atoms with Gasteiger partial charge in [-0.3, -0.25) is 0 Å². The van der Waals surface area contributed by atoms with E-state index in [0.29, 0.717) is 0 Å². The molecule has 0 unspecified atom stereocenters. The van der Waals surface area contributed by atoms with Crippen molar-refractivity contribution in [1.29, 1.82) is 0 Å². The second-order valence-corrected chi connectivity index (χ2v) is 18.9. The van der Waals surface area contributed by atoms with Gasteiger partial charge in [0, 0.05) is 22.3 Å². The van der Waals surface area contributed by atoms with E-state index in [4.69, 9.17) is 0 Å². The van der Waals surface area contributed by atoms with Gasteiger partial charge in [0.05, 0.1) is 0 Å². The lowest BCUT2D eigenvalue weighted by Gasteiger charge is -2.20. The molecule has 2 nitrogen and oxygen atoms in total. The molecule has 338 valence electrons. The third-order valence-corrected chi connectivity index (χ3v) is 13.6. The Labute approximate surface area is 373 Å². The standard InChI is InChI=1S/C58H96N2/c1-9-17-25-30-35-47-43-51(44-48(36-31-26-18-10-2)53(47)39-22-14-6)57-55(41-24-16-8)56(42-34-29-21-13-5)58(60(57)59)52-45-49(37-32-27-19-11-3)54(40-23-15-7)50(46-52)38-33-28-20-12-4/h43-46H,9-42H2,1-8H3. The van der Waals surface area contributed by atoms with Gasteiger partial charge in [-0.15, -0.1) is 0 Å². The topological polar surface area (TPSA) is 25.3 Å². The van der Waals surface area contributed by atoms with Crippen LogP contribution in [0.15, 0.2) is 35.4 Å². The first-order valence-electron chi connectivity index (χ1n) is 26.7. The lowest BCUT2D eigenvalue weighted by Crippen LogP contribution is -2.09. The highest BCUT2D eigenvalue weighted by atomic mass is 15.2. The minimum absolute atomic E-state index is 1.03. The number of hydrogen-bond donors (Lipinski definition) is 0. The van der Waals surface area contributed by atoms with E-state index in [1.54, 1.807) is 38.1 Å². The SMILES string of the molecule is CCCCCCC1=C(c2cc(CCCCCC)c(CCCC)c(CCCCCC)c2)[N+](=[N-])C(c2cc(CCCCCC)c(CCCC)c(CCCCCC)c2)=C1CCCC. The first-order chi connectivity index (χ1) is 29.4. The summed E-state index contributed by atoms with van der Waals surface area (Å²) in [5, 5.41) is 0. The Balaban J connectivity index is 2.35. The highest BCUT2D eigenvalue weighted by Crippen LogP contribution is 2.46. The summed E-state index contributed by atoms with van der Waals surface area (Å²) in [5.41, 5.74) is 30.3. The fourth-order valence-corrected chi connectivity index (χ4v) is 9.95. The highest BCUT2D eigenvalue weighted by molar-refractivity contribution is 5.83. The number of nitrogens with zero attached hydrogens (tertiary/aromatic N) is 2. The number of hydrogen-bond acceptors (Lipinski definition) is 0. The van der Waals surface area contributed by atoms with Gasteiger partial charge in [-0.05, 0) is 160 Å². The van der Waals surface area contributed by atoms with E-state index in [-0.39, 0.29) is 0 Å². The molecule has 1 aliphatic heterocycles. The van der Waals surface area contributed by atoms with Gasteiger partial charge >= 0.3 is 0 Å². The Hall–Kier alpha value is -2.48. The maximum atomic E-state index is 13.1. The van der Waals surface area contributed by atoms with Crippen LogP contribution in [0.25, 0.3) is 16.9 Å².